The van der Waals surface area contributed by atoms with Crippen molar-refractivity contribution in [1.29, 1.82) is 0 Å². The second-order valence-electron chi connectivity index (χ2n) is 3.58. The number of aryl methyl sites for hydroxylation is 1. The Bertz CT molecular complexity index is 555. The Morgan fingerprint density at radius 1 is 1.41 bits per heavy atom. The molecule has 0 bridgehead atoms. The van der Waals surface area contributed by atoms with Crippen molar-refractivity contribution in [2.45, 2.75) is 6.92 Å². The van der Waals surface area contributed by atoms with Crippen molar-refractivity contribution in [2.24, 2.45) is 0 Å². The van der Waals surface area contributed by atoms with Crippen LogP contribution in [0, 0.1) is 6.92 Å². The van der Waals surface area contributed by atoms with E-state index in [1.807, 2.05) is 0 Å². The number of aromatic amines is 2. The monoisotopic (exact) mass is 233 g/mol. The number of hydrogen-bond acceptors (Lipinski definition) is 2. The number of nitrogens with one attached hydrogen (secondary N) is 3. The van der Waals surface area contributed by atoms with E-state index in [1.54, 1.807) is 31.3 Å². The van der Waals surface area contributed by atoms with Gasteiger partial charge in [-0.25, -0.2) is 4.79 Å². The second-order valence-corrected chi connectivity index (χ2v) is 3.58. The topological polar surface area (TPSA) is 98.0 Å². The molecule has 0 spiro atoms. The van der Waals surface area contributed by atoms with Crippen molar-refractivity contribution < 1.29 is 14.7 Å². The van der Waals surface area contributed by atoms with Crippen molar-refractivity contribution >= 4 is 17.6 Å². The number of rotatable bonds is 3. The number of anilines is 1. The first-order valence-electron chi connectivity index (χ1n) is 4.95. The molecule has 0 fully saturated rings. The van der Waals surface area contributed by atoms with Gasteiger partial charge >= 0.3 is 5.97 Å². The lowest BCUT2D eigenvalue weighted by Gasteiger charge is -2.02. The lowest BCUT2D eigenvalue weighted by Crippen LogP contribution is -2.14. The van der Waals surface area contributed by atoms with Gasteiger partial charge < -0.3 is 20.4 Å². The van der Waals surface area contributed by atoms with Gasteiger partial charge in [-0.2, -0.15) is 0 Å². The third-order valence-electron chi connectivity index (χ3n) is 2.26. The molecular formula is C11H11N3O3. The SMILES string of the molecule is Cc1cc(NC(=O)c2ccc[nH]2)c(C(=O)O)[nH]1. The molecule has 88 valence electrons. The van der Waals surface area contributed by atoms with Crippen LogP contribution in [0.2, 0.25) is 0 Å². The Kier molecular flexibility index (Phi) is 2.70. The Balaban J connectivity index is 2.24. The van der Waals surface area contributed by atoms with Crippen LogP contribution in [0.3, 0.4) is 0 Å². The fourth-order valence-electron chi connectivity index (χ4n) is 1.52. The number of aromatic nitrogens is 2. The molecule has 0 radical (unpaired) electrons. The van der Waals surface area contributed by atoms with Gasteiger partial charge in [-0.05, 0) is 25.1 Å². The number of carbonyl (C=O) groups excluding carboxylic acids is 1. The zero-order valence-electron chi connectivity index (χ0n) is 9.07. The summed E-state index contributed by atoms with van der Waals surface area (Å²) in [6, 6.07) is 4.87. The van der Waals surface area contributed by atoms with E-state index >= 15 is 0 Å². The highest BCUT2D eigenvalue weighted by molar-refractivity contribution is 6.06. The molecule has 2 aromatic heterocycles. The number of hydrogen-bond donors (Lipinski definition) is 4. The minimum atomic E-state index is -1.11. The molecule has 2 heterocycles. The van der Waals surface area contributed by atoms with Gasteiger partial charge in [0.15, 0.2) is 0 Å². The van der Waals surface area contributed by atoms with Crippen molar-refractivity contribution in [3.8, 4) is 0 Å². The first kappa shape index (κ1) is 11.0. The largest absolute Gasteiger partial charge is 0.477 e. The fourth-order valence-corrected chi connectivity index (χ4v) is 1.52. The molecule has 0 unspecified atom stereocenters. The second kappa shape index (κ2) is 4.17. The van der Waals surface area contributed by atoms with E-state index in [1.165, 1.54) is 0 Å². The summed E-state index contributed by atoms with van der Waals surface area (Å²) in [5.41, 5.74) is 1.28. The van der Waals surface area contributed by atoms with E-state index in [9.17, 15) is 9.59 Å². The van der Waals surface area contributed by atoms with Crippen LogP contribution >= 0.6 is 0 Å². The van der Waals surface area contributed by atoms with Gasteiger partial charge in [0.25, 0.3) is 5.91 Å². The van der Waals surface area contributed by atoms with Crippen LogP contribution < -0.4 is 5.32 Å². The highest BCUT2D eigenvalue weighted by Crippen LogP contribution is 2.17. The predicted octanol–water partition coefficient (Wildman–Crippen LogP) is 1.60. The van der Waals surface area contributed by atoms with Gasteiger partial charge in [-0.3, -0.25) is 4.79 Å². The van der Waals surface area contributed by atoms with Gasteiger partial charge in [0.1, 0.15) is 11.4 Å². The molecule has 1 amide bonds. The highest BCUT2D eigenvalue weighted by Gasteiger charge is 2.16. The number of H-pyrrole nitrogens is 2. The first-order valence-corrected chi connectivity index (χ1v) is 4.95. The third-order valence-corrected chi connectivity index (χ3v) is 2.26. The average molecular weight is 233 g/mol. The fraction of sp³-hybridized carbons (Fsp3) is 0.0909. The molecule has 4 N–H and O–H groups in total. The summed E-state index contributed by atoms with van der Waals surface area (Å²) < 4.78 is 0. The van der Waals surface area contributed by atoms with Crippen LogP contribution in [-0.4, -0.2) is 27.0 Å². The third kappa shape index (κ3) is 2.20. The summed E-state index contributed by atoms with van der Waals surface area (Å²) >= 11 is 0. The Morgan fingerprint density at radius 2 is 2.18 bits per heavy atom. The number of amides is 1. The molecule has 0 aliphatic rings. The maximum absolute atomic E-state index is 11.7. The summed E-state index contributed by atoms with van der Waals surface area (Å²) in [6.07, 6.45) is 1.62. The zero-order valence-corrected chi connectivity index (χ0v) is 9.07. The summed E-state index contributed by atoms with van der Waals surface area (Å²) in [4.78, 5) is 28.0. The molecule has 6 nitrogen and oxygen atoms in total. The van der Waals surface area contributed by atoms with Crippen LogP contribution in [0.15, 0.2) is 24.4 Å². The highest BCUT2D eigenvalue weighted by atomic mass is 16.4. The van der Waals surface area contributed by atoms with Crippen molar-refractivity contribution in [2.75, 3.05) is 5.32 Å². The molecular weight excluding hydrogens is 222 g/mol. The molecule has 2 rings (SSSR count). The molecule has 0 aromatic carbocycles. The van der Waals surface area contributed by atoms with Gasteiger partial charge in [-0.15, -0.1) is 0 Å². The normalized spacial score (nSPS) is 10.2. The summed E-state index contributed by atoms with van der Waals surface area (Å²) in [5, 5.41) is 11.5. The molecule has 17 heavy (non-hydrogen) atoms. The van der Waals surface area contributed by atoms with Crippen molar-refractivity contribution in [3.05, 3.63) is 41.5 Å². The van der Waals surface area contributed by atoms with Crippen LogP contribution in [0.25, 0.3) is 0 Å². The Morgan fingerprint density at radius 3 is 2.76 bits per heavy atom. The van der Waals surface area contributed by atoms with Gasteiger partial charge in [0.2, 0.25) is 0 Å². The minimum Gasteiger partial charge on any atom is -0.477 e. The molecule has 0 saturated carbocycles. The van der Waals surface area contributed by atoms with Crippen molar-refractivity contribution in [3.63, 3.8) is 0 Å². The first-order chi connectivity index (χ1) is 8.08. The van der Waals surface area contributed by atoms with Gasteiger partial charge in [0, 0.05) is 11.9 Å². The van der Waals surface area contributed by atoms with E-state index in [2.05, 4.69) is 15.3 Å². The molecule has 0 saturated heterocycles. The standard InChI is InChI=1S/C11H11N3O3/c1-6-5-8(9(13-6)11(16)17)14-10(15)7-3-2-4-12-7/h2-5,12-13H,1H3,(H,14,15)(H,16,17). The lowest BCUT2D eigenvalue weighted by molar-refractivity contribution is 0.0692. The van der Waals surface area contributed by atoms with Crippen LogP contribution in [-0.2, 0) is 0 Å². The predicted molar refractivity (Wildman–Crippen MR) is 61.2 cm³/mol. The van der Waals surface area contributed by atoms with Crippen LogP contribution in [0.4, 0.5) is 5.69 Å². The Hall–Kier alpha value is -2.50. The van der Waals surface area contributed by atoms with E-state index in [0.29, 0.717) is 11.4 Å². The Labute approximate surface area is 96.7 Å². The maximum atomic E-state index is 11.7. The summed E-state index contributed by atoms with van der Waals surface area (Å²) in [6.45, 7) is 1.72. The minimum absolute atomic E-state index is 0.0255. The molecule has 0 aliphatic heterocycles. The van der Waals surface area contributed by atoms with Gasteiger partial charge in [0.05, 0.1) is 5.69 Å². The van der Waals surface area contributed by atoms with Gasteiger partial charge in [-0.1, -0.05) is 0 Å². The average Bonchev–Trinajstić information content (AvgIpc) is 2.86. The summed E-state index contributed by atoms with van der Waals surface area (Å²) in [7, 11) is 0. The smallest absolute Gasteiger partial charge is 0.354 e. The maximum Gasteiger partial charge on any atom is 0.354 e. The van der Waals surface area contributed by atoms with E-state index in [0.717, 1.165) is 0 Å². The lowest BCUT2D eigenvalue weighted by atomic mass is 10.3. The number of carbonyl (C=O) groups is 2. The molecule has 6 heteroatoms. The van der Waals surface area contributed by atoms with Crippen LogP contribution in [0.1, 0.15) is 26.7 Å². The molecule has 2 aromatic rings. The van der Waals surface area contributed by atoms with Crippen LogP contribution in [0.5, 0.6) is 0 Å². The number of carboxylic acid groups (broad SMARTS) is 1. The van der Waals surface area contributed by atoms with E-state index < -0.39 is 5.97 Å². The zero-order chi connectivity index (χ0) is 12.4. The molecule has 0 atom stereocenters. The van der Waals surface area contributed by atoms with E-state index in [4.69, 9.17) is 5.11 Å². The molecule has 0 aliphatic carbocycles. The quantitative estimate of drug-likeness (QED) is 0.648. The number of aromatic carboxylic acids is 1. The van der Waals surface area contributed by atoms with E-state index in [-0.39, 0.29) is 17.3 Å². The number of carboxylic acids is 1. The van der Waals surface area contributed by atoms with Crippen molar-refractivity contribution in [1.82, 2.24) is 9.97 Å². The summed E-state index contributed by atoms with van der Waals surface area (Å²) in [5.74, 6) is -1.49.